The maximum absolute atomic E-state index is 12.2. The molecule has 3 aromatic rings. The van der Waals surface area contributed by atoms with E-state index in [0.29, 0.717) is 30.4 Å². The molecule has 0 fully saturated rings. The number of aromatic nitrogens is 2. The number of fused-ring (bicyclic) bond motifs is 1. The average molecular weight is 423 g/mol. The second kappa shape index (κ2) is 11.0. The lowest BCUT2D eigenvalue weighted by atomic mass is 10.2. The normalized spacial score (nSPS) is 11.4. The van der Waals surface area contributed by atoms with Crippen LogP contribution in [0.4, 0.5) is 0 Å². The molecular weight excluding hydrogens is 392 g/mol. The van der Waals surface area contributed by atoms with E-state index in [1.165, 1.54) is 0 Å². The zero-order valence-corrected chi connectivity index (χ0v) is 18.3. The molecule has 31 heavy (non-hydrogen) atoms. The maximum Gasteiger partial charge on any atom is 0.251 e. The number of imidazole rings is 1. The van der Waals surface area contributed by atoms with Gasteiger partial charge < -0.3 is 25.3 Å². The largest absolute Gasteiger partial charge is 0.497 e. The summed E-state index contributed by atoms with van der Waals surface area (Å²) < 4.78 is 7.39. The minimum Gasteiger partial charge on any atom is -0.497 e. The van der Waals surface area contributed by atoms with E-state index < -0.39 is 0 Å². The van der Waals surface area contributed by atoms with Gasteiger partial charge in [-0.3, -0.25) is 9.79 Å². The fourth-order valence-corrected chi connectivity index (χ4v) is 3.37. The Morgan fingerprint density at radius 2 is 1.84 bits per heavy atom. The van der Waals surface area contributed by atoms with Gasteiger partial charge in [0, 0.05) is 38.8 Å². The number of guanidine groups is 1. The molecule has 0 unspecified atom stereocenters. The van der Waals surface area contributed by atoms with Crippen molar-refractivity contribution in [3.05, 3.63) is 59.9 Å². The van der Waals surface area contributed by atoms with Gasteiger partial charge in [0.1, 0.15) is 11.6 Å². The molecule has 0 saturated carbocycles. The van der Waals surface area contributed by atoms with Crippen molar-refractivity contribution in [2.24, 2.45) is 4.99 Å². The summed E-state index contributed by atoms with van der Waals surface area (Å²) in [5, 5.41) is 9.41. The van der Waals surface area contributed by atoms with Gasteiger partial charge in [-0.2, -0.15) is 0 Å². The summed E-state index contributed by atoms with van der Waals surface area (Å²) in [6.07, 6.45) is 0.939. The number of carbonyl (C=O) groups is 1. The molecule has 3 rings (SSSR count). The number of nitrogens with one attached hydrogen (secondary N) is 3. The minimum absolute atomic E-state index is 0.133. The van der Waals surface area contributed by atoms with Gasteiger partial charge in [0.15, 0.2) is 5.96 Å². The average Bonchev–Trinajstić information content (AvgIpc) is 3.12. The van der Waals surface area contributed by atoms with Crippen LogP contribution in [0.5, 0.6) is 5.75 Å². The Hall–Kier alpha value is -3.55. The van der Waals surface area contributed by atoms with Gasteiger partial charge in [-0.25, -0.2) is 4.98 Å². The fraction of sp³-hybridized carbons (Fsp3) is 0.348. The van der Waals surface area contributed by atoms with Crippen molar-refractivity contribution >= 4 is 22.9 Å². The fourth-order valence-electron chi connectivity index (χ4n) is 3.37. The number of para-hydroxylation sites is 2. The molecule has 0 aliphatic rings. The number of aryl methyl sites for hydroxylation is 2. The van der Waals surface area contributed by atoms with Crippen molar-refractivity contribution in [1.82, 2.24) is 25.5 Å². The third kappa shape index (κ3) is 5.97. The van der Waals surface area contributed by atoms with Crippen LogP contribution in [-0.4, -0.2) is 55.2 Å². The molecule has 2 aromatic carbocycles. The Labute approximate surface area is 182 Å². The Bertz CT molecular complexity index is 1040. The summed E-state index contributed by atoms with van der Waals surface area (Å²) in [7, 11) is 3.32. The lowest BCUT2D eigenvalue weighted by Crippen LogP contribution is -2.42. The number of benzene rings is 2. The SMILES string of the molecule is CN=C(NCCCn1c(C)nc2ccccc21)NCCNC(=O)c1cccc(OC)c1. The molecule has 0 saturated heterocycles. The first-order chi connectivity index (χ1) is 15.1. The van der Waals surface area contributed by atoms with Crippen LogP contribution < -0.4 is 20.7 Å². The number of hydrogen-bond donors (Lipinski definition) is 3. The maximum atomic E-state index is 12.2. The van der Waals surface area contributed by atoms with Crippen LogP contribution in [0.25, 0.3) is 11.0 Å². The lowest BCUT2D eigenvalue weighted by Gasteiger charge is -2.13. The van der Waals surface area contributed by atoms with E-state index in [1.807, 2.05) is 31.2 Å². The van der Waals surface area contributed by atoms with Gasteiger partial charge in [-0.05, 0) is 43.7 Å². The molecule has 1 amide bonds. The predicted octanol–water partition coefficient (Wildman–Crippen LogP) is 2.34. The van der Waals surface area contributed by atoms with E-state index in [1.54, 1.807) is 32.4 Å². The molecule has 0 bridgehead atoms. The first-order valence-electron chi connectivity index (χ1n) is 10.4. The van der Waals surface area contributed by atoms with Crippen molar-refractivity contribution in [3.63, 3.8) is 0 Å². The monoisotopic (exact) mass is 422 g/mol. The van der Waals surface area contributed by atoms with E-state index in [9.17, 15) is 4.79 Å². The molecule has 0 atom stereocenters. The number of hydrogen-bond acceptors (Lipinski definition) is 4. The second-order valence-corrected chi connectivity index (χ2v) is 7.07. The highest BCUT2D eigenvalue weighted by atomic mass is 16.5. The number of methoxy groups -OCH3 is 1. The van der Waals surface area contributed by atoms with Crippen LogP contribution in [0.2, 0.25) is 0 Å². The van der Waals surface area contributed by atoms with Gasteiger partial charge in [-0.1, -0.05) is 18.2 Å². The number of ether oxygens (including phenoxy) is 1. The van der Waals surface area contributed by atoms with Crippen LogP contribution in [0.1, 0.15) is 22.6 Å². The van der Waals surface area contributed by atoms with Crippen LogP contribution in [-0.2, 0) is 6.54 Å². The lowest BCUT2D eigenvalue weighted by molar-refractivity contribution is 0.0954. The highest BCUT2D eigenvalue weighted by Crippen LogP contribution is 2.15. The summed E-state index contributed by atoms with van der Waals surface area (Å²) in [5.74, 6) is 2.26. The third-order valence-electron chi connectivity index (χ3n) is 4.95. The van der Waals surface area contributed by atoms with Gasteiger partial charge >= 0.3 is 0 Å². The number of amides is 1. The summed E-state index contributed by atoms with van der Waals surface area (Å²) in [6.45, 7) is 4.75. The zero-order chi connectivity index (χ0) is 22.1. The summed E-state index contributed by atoms with van der Waals surface area (Å²) in [4.78, 5) is 21.1. The van der Waals surface area contributed by atoms with Gasteiger partial charge in [0.05, 0.1) is 18.1 Å². The van der Waals surface area contributed by atoms with Crippen LogP contribution >= 0.6 is 0 Å². The Morgan fingerprint density at radius 1 is 1.06 bits per heavy atom. The first kappa shape index (κ1) is 22.1. The Morgan fingerprint density at radius 3 is 2.65 bits per heavy atom. The first-order valence-corrected chi connectivity index (χ1v) is 10.4. The molecular formula is C23H30N6O2. The van der Waals surface area contributed by atoms with E-state index >= 15 is 0 Å². The number of carbonyl (C=O) groups excluding carboxylic acids is 1. The molecule has 8 heteroatoms. The van der Waals surface area contributed by atoms with E-state index in [4.69, 9.17) is 4.74 Å². The summed E-state index contributed by atoms with van der Waals surface area (Å²) >= 11 is 0. The van der Waals surface area contributed by atoms with Crippen molar-refractivity contribution in [3.8, 4) is 5.75 Å². The number of nitrogens with zero attached hydrogens (tertiary/aromatic N) is 3. The number of rotatable bonds is 9. The molecule has 1 aromatic heterocycles. The smallest absolute Gasteiger partial charge is 0.251 e. The third-order valence-corrected chi connectivity index (χ3v) is 4.95. The zero-order valence-electron chi connectivity index (χ0n) is 18.3. The van der Waals surface area contributed by atoms with Crippen LogP contribution in [0.3, 0.4) is 0 Å². The Balaban J connectivity index is 1.37. The quantitative estimate of drug-likeness (QED) is 0.280. The predicted molar refractivity (Wildman–Crippen MR) is 124 cm³/mol. The van der Waals surface area contributed by atoms with Gasteiger partial charge in [0.2, 0.25) is 0 Å². The van der Waals surface area contributed by atoms with Crippen molar-refractivity contribution < 1.29 is 9.53 Å². The van der Waals surface area contributed by atoms with Gasteiger partial charge in [-0.15, -0.1) is 0 Å². The second-order valence-electron chi connectivity index (χ2n) is 7.07. The van der Waals surface area contributed by atoms with Gasteiger partial charge in [0.25, 0.3) is 5.91 Å². The van der Waals surface area contributed by atoms with E-state index in [0.717, 1.165) is 36.4 Å². The van der Waals surface area contributed by atoms with Crippen molar-refractivity contribution in [2.45, 2.75) is 19.9 Å². The molecule has 0 radical (unpaired) electrons. The standard InChI is InChI=1S/C23H30N6O2/c1-17-28-20-10-4-5-11-21(20)29(17)15-7-12-26-23(24-2)27-14-13-25-22(30)18-8-6-9-19(16-18)31-3/h4-6,8-11,16H,7,12-15H2,1-3H3,(H,25,30)(H2,24,26,27). The minimum atomic E-state index is -0.133. The van der Waals surface area contributed by atoms with Crippen LogP contribution in [0.15, 0.2) is 53.5 Å². The molecule has 164 valence electrons. The highest BCUT2D eigenvalue weighted by Gasteiger charge is 2.07. The topological polar surface area (TPSA) is 92.6 Å². The molecule has 1 heterocycles. The number of aliphatic imine (C=N–C) groups is 1. The highest BCUT2D eigenvalue weighted by molar-refractivity contribution is 5.94. The summed E-state index contributed by atoms with van der Waals surface area (Å²) in [5.41, 5.74) is 2.76. The van der Waals surface area contributed by atoms with Crippen molar-refractivity contribution in [1.29, 1.82) is 0 Å². The summed E-state index contributed by atoms with van der Waals surface area (Å²) in [6, 6.07) is 15.3. The van der Waals surface area contributed by atoms with E-state index in [-0.39, 0.29) is 5.91 Å². The van der Waals surface area contributed by atoms with Crippen LogP contribution in [0, 0.1) is 6.92 Å². The molecule has 0 spiro atoms. The molecule has 3 N–H and O–H groups in total. The Kier molecular flexibility index (Phi) is 7.86. The molecule has 0 aliphatic heterocycles. The van der Waals surface area contributed by atoms with E-state index in [2.05, 4.69) is 36.6 Å². The molecule has 8 nitrogen and oxygen atoms in total. The van der Waals surface area contributed by atoms with Crippen molar-refractivity contribution in [2.75, 3.05) is 33.8 Å². The molecule has 0 aliphatic carbocycles.